The van der Waals surface area contributed by atoms with Crippen molar-refractivity contribution in [3.63, 3.8) is 0 Å². The molecule has 0 aromatic heterocycles. The summed E-state index contributed by atoms with van der Waals surface area (Å²) >= 11 is 0. The van der Waals surface area contributed by atoms with E-state index in [1.165, 1.54) is 19.1 Å². The maximum atomic E-state index is 10.1. The zero-order valence-electron chi connectivity index (χ0n) is 9.90. The molecule has 0 amide bonds. The van der Waals surface area contributed by atoms with Gasteiger partial charge in [0.05, 0.1) is 4.92 Å². The van der Waals surface area contributed by atoms with E-state index in [0.29, 0.717) is 0 Å². The molecule has 0 aliphatic heterocycles. The van der Waals surface area contributed by atoms with Crippen molar-refractivity contribution >= 4 is 15.9 Å². The number of non-ortho nitro benzene ring substituents is 1. The summed E-state index contributed by atoms with van der Waals surface area (Å²) in [5.74, 6) is 0. The lowest BCUT2D eigenvalue weighted by Gasteiger charge is -2.01. The second-order valence-electron chi connectivity index (χ2n) is 3.43. The zero-order valence-corrected chi connectivity index (χ0v) is 10.7. The van der Waals surface area contributed by atoms with Crippen LogP contribution in [0.25, 0.3) is 0 Å². The van der Waals surface area contributed by atoms with E-state index in [9.17, 15) is 18.5 Å². The van der Waals surface area contributed by atoms with Gasteiger partial charge in [-0.2, -0.15) is 13.1 Å². The summed E-state index contributed by atoms with van der Waals surface area (Å²) in [4.78, 5) is 9.71. The highest BCUT2D eigenvalue weighted by Gasteiger charge is 2.02. The van der Waals surface area contributed by atoms with Crippen LogP contribution in [0, 0.1) is 17.0 Å². The van der Waals surface area contributed by atoms with Crippen LogP contribution in [-0.4, -0.2) is 24.7 Å². The average Bonchev–Trinajstić information content (AvgIpc) is 2.15. The topological polar surface area (TPSA) is 136 Å². The third kappa shape index (κ3) is 8.58. The van der Waals surface area contributed by atoms with E-state index in [0.717, 1.165) is 5.56 Å². The third-order valence-electron chi connectivity index (χ3n) is 1.58. The Morgan fingerprint density at radius 1 is 1.39 bits per heavy atom. The lowest BCUT2D eigenvalue weighted by Crippen LogP contribution is -2.37. The minimum atomic E-state index is -3.72. The van der Waals surface area contributed by atoms with E-state index in [1.54, 1.807) is 16.9 Å². The molecule has 8 nitrogen and oxygen atoms in total. The Kier molecular flexibility index (Phi) is 6.41. The summed E-state index contributed by atoms with van der Waals surface area (Å²) in [5, 5.41) is 22.9. The molecule has 0 heterocycles. The minimum Gasteiger partial charge on any atom is -0.378 e. The molecule has 0 bridgehead atoms. The number of aliphatic hydroxyl groups excluding tert-OH is 1. The van der Waals surface area contributed by atoms with Gasteiger partial charge in [-0.05, 0) is 13.8 Å². The predicted octanol–water partition coefficient (Wildman–Crippen LogP) is 0.0210. The molecule has 1 atom stereocenters. The fourth-order valence-electron chi connectivity index (χ4n) is 0.904. The normalized spacial score (nSPS) is 12.2. The molecule has 0 saturated carbocycles. The van der Waals surface area contributed by atoms with Gasteiger partial charge in [0.25, 0.3) is 15.9 Å². The highest BCUT2D eigenvalue weighted by molar-refractivity contribution is 7.87. The number of nitrogens with one attached hydrogen (secondary N) is 1. The van der Waals surface area contributed by atoms with E-state index < -0.39 is 21.4 Å². The van der Waals surface area contributed by atoms with Crippen molar-refractivity contribution in [2.45, 2.75) is 20.1 Å². The first-order valence-electron chi connectivity index (χ1n) is 4.81. The molecule has 0 aliphatic carbocycles. The monoisotopic (exact) mass is 277 g/mol. The molecule has 0 radical (unpaired) electrons. The van der Waals surface area contributed by atoms with Gasteiger partial charge < -0.3 is 5.11 Å². The molecular formula is C9H15N3O5S. The number of benzene rings is 1. The molecule has 0 aliphatic rings. The van der Waals surface area contributed by atoms with Gasteiger partial charge in [0.2, 0.25) is 0 Å². The van der Waals surface area contributed by atoms with Crippen LogP contribution in [0.4, 0.5) is 5.69 Å². The molecule has 4 N–H and O–H groups in total. The van der Waals surface area contributed by atoms with Crippen molar-refractivity contribution in [1.82, 2.24) is 4.72 Å². The van der Waals surface area contributed by atoms with Gasteiger partial charge in [-0.15, -0.1) is 0 Å². The number of nitrogens with zero attached hydrogens (tertiary/aromatic N) is 1. The molecule has 9 heteroatoms. The van der Waals surface area contributed by atoms with Gasteiger partial charge in [-0.3, -0.25) is 10.1 Å². The number of aryl methyl sites for hydroxylation is 1. The molecule has 1 aromatic carbocycles. The standard InChI is InChI=1S/C7H7NO2.C2H8N2O3S/c1-6-2-4-7(5-3-6)8(9)10;1-2(5)4-8(3,6)7/h2-5H,1H3;2,4-5H,1H3,(H2,3,6,7). The number of nitro benzene ring substituents is 1. The first kappa shape index (κ1) is 16.4. The second-order valence-corrected chi connectivity index (χ2v) is 4.76. The molecule has 0 saturated heterocycles. The highest BCUT2D eigenvalue weighted by Crippen LogP contribution is 2.10. The van der Waals surface area contributed by atoms with E-state index in [4.69, 9.17) is 5.11 Å². The molecule has 1 unspecified atom stereocenters. The van der Waals surface area contributed by atoms with Crippen LogP contribution in [-0.2, 0) is 10.2 Å². The number of hydrogen-bond acceptors (Lipinski definition) is 5. The summed E-state index contributed by atoms with van der Waals surface area (Å²) in [6, 6.07) is 6.43. The Labute approximate surface area is 105 Å². The van der Waals surface area contributed by atoms with Crippen molar-refractivity contribution in [2.24, 2.45) is 5.14 Å². The maximum Gasteiger partial charge on any atom is 0.276 e. The molecule has 0 fully saturated rings. The Balaban J connectivity index is 0.000000331. The maximum absolute atomic E-state index is 10.1. The van der Waals surface area contributed by atoms with Crippen LogP contribution in [0.5, 0.6) is 0 Å². The highest BCUT2D eigenvalue weighted by atomic mass is 32.2. The lowest BCUT2D eigenvalue weighted by molar-refractivity contribution is -0.384. The largest absolute Gasteiger partial charge is 0.378 e. The smallest absolute Gasteiger partial charge is 0.276 e. The number of hydrogen-bond donors (Lipinski definition) is 3. The van der Waals surface area contributed by atoms with Crippen LogP contribution in [0.3, 0.4) is 0 Å². The molecule has 18 heavy (non-hydrogen) atoms. The van der Waals surface area contributed by atoms with E-state index in [2.05, 4.69) is 5.14 Å². The van der Waals surface area contributed by atoms with Crippen molar-refractivity contribution in [1.29, 1.82) is 0 Å². The quantitative estimate of drug-likeness (QED) is 0.406. The summed E-state index contributed by atoms with van der Waals surface area (Å²) < 4.78 is 21.6. The summed E-state index contributed by atoms with van der Waals surface area (Å²) in [6.45, 7) is 3.15. The van der Waals surface area contributed by atoms with Crippen molar-refractivity contribution in [3.05, 3.63) is 39.9 Å². The number of nitrogens with two attached hydrogens (primary N) is 1. The molecule has 0 spiro atoms. The predicted molar refractivity (Wildman–Crippen MR) is 65.8 cm³/mol. The van der Waals surface area contributed by atoms with Gasteiger partial charge in [-0.25, -0.2) is 5.14 Å². The first-order chi connectivity index (χ1) is 8.11. The van der Waals surface area contributed by atoms with Gasteiger partial charge >= 0.3 is 0 Å². The second kappa shape index (κ2) is 7.01. The van der Waals surface area contributed by atoms with E-state index in [1.807, 2.05) is 6.92 Å². The van der Waals surface area contributed by atoms with Crippen LogP contribution >= 0.6 is 0 Å². The molecule has 1 aromatic rings. The molecule has 1 rings (SSSR count). The Morgan fingerprint density at radius 2 is 1.83 bits per heavy atom. The minimum absolute atomic E-state index is 0.144. The zero-order chi connectivity index (χ0) is 14.3. The van der Waals surface area contributed by atoms with Crippen molar-refractivity contribution < 1.29 is 18.4 Å². The van der Waals surface area contributed by atoms with Crippen molar-refractivity contribution in [3.8, 4) is 0 Å². The van der Waals surface area contributed by atoms with Gasteiger partial charge in [0.15, 0.2) is 0 Å². The van der Waals surface area contributed by atoms with Gasteiger partial charge in [-0.1, -0.05) is 17.7 Å². The third-order valence-corrected chi connectivity index (χ3v) is 2.25. The summed E-state index contributed by atoms with van der Waals surface area (Å²) in [6.07, 6.45) is -1.12. The lowest BCUT2D eigenvalue weighted by atomic mass is 10.2. The van der Waals surface area contributed by atoms with Gasteiger partial charge in [0, 0.05) is 12.1 Å². The number of rotatable bonds is 3. The van der Waals surface area contributed by atoms with Crippen molar-refractivity contribution in [2.75, 3.05) is 0 Å². The summed E-state index contributed by atoms with van der Waals surface area (Å²) in [5.41, 5.74) is 1.18. The van der Waals surface area contributed by atoms with E-state index >= 15 is 0 Å². The fourth-order valence-corrected chi connectivity index (χ4v) is 1.38. The first-order valence-corrected chi connectivity index (χ1v) is 6.35. The van der Waals surface area contributed by atoms with Gasteiger partial charge in [0.1, 0.15) is 6.23 Å². The van der Waals surface area contributed by atoms with Crippen LogP contribution in [0.15, 0.2) is 24.3 Å². The van der Waals surface area contributed by atoms with Crippen LogP contribution < -0.4 is 9.86 Å². The number of nitro groups is 1. The Bertz CT molecular complexity index is 483. The van der Waals surface area contributed by atoms with E-state index in [-0.39, 0.29) is 5.69 Å². The molecule has 102 valence electrons. The number of aliphatic hydroxyl groups is 1. The Hall–Kier alpha value is -1.55. The average molecular weight is 277 g/mol. The Morgan fingerprint density at radius 3 is 2.06 bits per heavy atom. The fraction of sp³-hybridized carbons (Fsp3) is 0.333. The van der Waals surface area contributed by atoms with Crippen LogP contribution in [0.1, 0.15) is 12.5 Å². The molecular weight excluding hydrogens is 262 g/mol. The SMILES string of the molecule is CC(O)NS(N)(=O)=O.Cc1ccc([N+](=O)[O-])cc1. The summed E-state index contributed by atoms with van der Waals surface area (Å²) in [7, 11) is -3.72. The van der Waals surface area contributed by atoms with Crippen LogP contribution in [0.2, 0.25) is 0 Å².